The van der Waals surface area contributed by atoms with E-state index < -0.39 is 0 Å². The third-order valence-corrected chi connectivity index (χ3v) is 6.83. The van der Waals surface area contributed by atoms with E-state index >= 15 is 0 Å². The smallest absolute Gasteiger partial charge is 0.232 e. The number of nitrogens with zero attached hydrogens (tertiary/aromatic N) is 1. The van der Waals surface area contributed by atoms with E-state index in [1.165, 1.54) is 4.88 Å². The number of hydrogen-bond donors (Lipinski definition) is 0. The van der Waals surface area contributed by atoms with Gasteiger partial charge in [0.1, 0.15) is 18.2 Å². The molecule has 2 aliphatic heterocycles. The molecule has 0 spiro atoms. The molecule has 1 aromatic heterocycles. The van der Waals surface area contributed by atoms with Crippen molar-refractivity contribution < 1.29 is 28.5 Å². The molecule has 0 unspecified atom stereocenters. The zero-order valence-corrected chi connectivity index (χ0v) is 20.3. The Balaban J connectivity index is 1.51. The lowest BCUT2D eigenvalue weighted by atomic mass is 9.98. The lowest BCUT2D eigenvalue weighted by molar-refractivity contribution is 0.0881. The number of carbonyl (C=O) groups excluding carboxylic acids is 1. The average Bonchev–Trinajstić information content (AvgIpc) is 3.47. The fourth-order valence-corrected chi connectivity index (χ4v) is 5.13. The topological polar surface area (TPSA) is 66.5 Å². The lowest BCUT2D eigenvalue weighted by Gasteiger charge is -2.29. The van der Waals surface area contributed by atoms with Gasteiger partial charge in [-0.1, -0.05) is 6.07 Å². The van der Waals surface area contributed by atoms with Crippen molar-refractivity contribution in [3.05, 3.63) is 68.6 Å². The number of ether oxygens (including phenoxy) is 5. The van der Waals surface area contributed by atoms with Crippen LogP contribution in [0.4, 0.5) is 0 Å². The van der Waals surface area contributed by atoms with Gasteiger partial charge in [0, 0.05) is 23.5 Å². The SMILES string of the molecule is COc1ccc(/C=C2\Oc3c4c(cc(C)c3C2=O)OCN(Cc2cccs2)C4)c(OC)c1OC. The van der Waals surface area contributed by atoms with Gasteiger partial charge in [0.25, 0.3) is 0 Å². The van der Waals surface area contributed by atoms with Gasteiger partial charge in [-0.3, -0.25) is 9.69 Å². The molecule has 2 aliphatic rings. The molecular weight excluding hydrogens is 454 g/mol. The second kappa shape index (κ2) is 9.04. The van der Waals surface area contributed by atoms with E-state index in [0.717, 1.165) is 23.4 Å². The summed E-state index contributed by atoms with van der Waals surface area (Å²) < 4.78 is 28.6. The Kier molecular flexibility index (Phi) is 5.93. The molecule has 0 fully saturated rings. The van der Waals surface area contributed by atoms with Gasteiger partial charge in [-0.25, -0.2) is 0 Å². The predicted molar refractivity (Wildman–Crippen MR) is 129 cm³/mol. The summed E-state index contributed by atoms with van der Waals surface area (Å²) in [7, 11) is 4.65. The van der Waals surface area contributed by atoms with Crippen LogP contribution in [0.3, 0.4) is 0 Å². The minimum atomic E-state index is -0.164. The van der Waals surface area contributed by atoms with E-state index in [2.05, 4.69) is 16.3 Å². The number of hydrogen-bond acceptors (Lipinski definition) is 8. The molecule has 0 amide bonds. The molecule has 8 heteroatoms. The molecule has 0 N–H and O–H groups in total. The van der Waals surface area contributed by atoms with Crippen LogP contribution < -0.4 is 23.7 Å². The van der Waals surface area contributed by atoms with E-state index in [-0.39, 0.29) is 11.5 Å². The third kappa shape index (κ3) is 3.78. The van der Waals surface area contributed by atoms with Crippen LogP contribution in [0, 0.1) is 6.92 Å². The van der Waals surface area contributed by atoms with Crippen LogP contribution >= 0.6 is 11.3 Å². The van der Waals surface area contributed by atoms with Gasteiger partial charge in [-0.2, -0.15) is 0 Å². The standard InChI is InChI=1S/C26H25NO6S/c1-15-10-20-18(13-27(14-32-20)12-17-6-5-9-34-17)25-22(15)23(28)21(33-25)11-16-7-8-19(29-2)26(31-4)24(16)30-3/h5-11H,12-14H2,1-4H3/b21-11-. The first-order valence-electron chi connectivity index (χ1n) is 10.8. The number of Topliss-reactive ketones (excluding diaryl/α,β-unsaturated/α-hetero) is 1. The Bertz CT molecular complexity index is 1280. The molecule has 34 heavy (non-hydrogen) atoms. The third-order valence-electron chi connectivity index (χ3n) is 5.97. The highest BCUT2D eigenvalue weighted by Crippen LogP contribution is 2.46. The van der Waals surface area contributed by atoms with Crippen LogP contribution in [0.5, 0.6) is 28.7 Å². The Labute approximate surface area is 202 Å². The minimum absolute atomic E-state index is 0.164. The van der Waals surface area contributed by atoms with Gasteiger partial charge in [0.05, 0.1) is 32.5 Å². The van der Waals surface area contributed by atoms with E-state index in [9.17, 15) is 4.79 Å². The number of thiophene rings is 1. The van der Waals surface area contributed by atoms with Crippen LogP contribution in [0.15, 0.2) is 41.5 Å². The van der Waals surface area contributed by atoms with Gasteiger partial charge in [-0.05, 0) is 48.2 Å². The van der Waals surface area contributed by atoms with Crippen molar-refractivity contribution in [3.8, 4) is 28.7 Å². The molecule has 3 heterocycles. The summed E-state index contributed by atoms with van der Waals surface area (Å²) in [5.74, 6) is 2.85. The van der Waals surface area contributed by atoms with Crippen molar-refractivity contribution in [1.29, 1.82) is 0 Å². The van der Waals surface area contributed by atoms with E-state index in [0.29, 0.717) is 47.4 Å². The molecule has 7 nitrogen and oxygen atoms in total. The van der Waals surface area contributed by atoms with E-state index in [1.54, 1.807) is 50.9 Å². The summed E-state index contributed by atoms with van der Waals surface area (Å²) >= 11 is 1.71. The van der Waals surface area contributed by atoms with Gasteiger partial charge in [0.15, 0.2) is 17.3 Å². The van der Waals surface area contributed by atoms with Crippen molar-refractivity contribution in [1.82, 2.24) is 4.90 Å². The fourth-order valence-electron chi connectivity index (χ4n) is 4.38. The molecule has 0 radical (unpaired) electrons. The molecule has 0 saturated heterocycles. The maximum absolute atomic E-state index is 13.4. The highest BCUT2D eigenvalue weighted by molar-refractivity contribution is 7.09. The molecule has 0 saturated carbocycles. The molecule has 0 atom stereocenters. The monoisotopic (exact) mass is 479 g/mol. The Morgan fingerprint density at radius 1 is 1.12 bits per heavy atom. The maximum atomic E-state index is 13.4. The first-order chi connectivity index (χ1) is 16.5. The molecule has 2 aromatic carbocycles. The number of aryl methyl sites for hydroxylation is 1. The highest BCUT2D eigenvalue weighted by atomic mass is 32.1. The van der Waals surface area contributed by atoms with Crippen molar-refractivity contribution in [2.24, 2.45) is 0 Å². The summed E-state index contributed by atoms with van der Waals surface area (Å²) in [6, 6.07) is 9.65. The van der Waals surface area contributed by atoms with Crippen LogP contribution in [0.25, 0.3) is 6.08 Å². The van der Waals surface area contributed by atoms with Gasteiger partial charge < -0.3 is 23.7 Å². The van der Waals surface area contributed by atoms with E-state index in [1.807, 2.05) is 19.1 Å². The van der Waals surface area contributed by atoms with Crippen LogP contribution in [-0.4, -0.2) is 38.7 Å². The number of methoxy groups -OCH3 is 3. The Morgan fingerprint density at radius 2 is 1.94 bits per heavy atom. The molecule has 0 bridgehead atoms. The van der Waals surface area contributed by atoms with E-state index in [4.69, 9.17) is 23.7 Å². The summed E-state index contributed by atoms with van der Waals surface area (Å²) in [5, 5.41) is 2.07. The number of allylic oxidation sites excluding steroid dienone is 1. The zero-order chi connectivity index (χ0) is 23.8. The second-order valence-corrected chi connectivity index (χ2v) is 9.11. The lowest BCUT2D eigenvalue weighted by Crippen LogP contribution is -2.31. The van der Waals surface area contributed by atoms with Gasteiger partial charge in [-0.15, -0.1) is 11.3 Å². The highest BCUT2D eigenvalue weighted by Gasteiger charge is 2.36. The fraction of sp³-hybridized carbons (Fsp3) is 0.269. The summed E-state index contributed by atoms with van der Waals surface area (Å²) in [4.78, 5) is 16.8. The van der Waals surface area contributed by atoms with Crippen molar-refractivity contribution >= 4 is 23.2 Å². The Hall–Kier alpha value is -3.49. The molecular formula is C26H25NO6S. The van der Waals surface area contributed by atoms with Gasteiger partial charge in [0.2, 0.25) is 11.5 Å². The number of rotatable bonds is 6. The molecule has 0 aliphatic carbocycles. The summed E-state index contributed by atoms with van der Waals surface area (Å²) in [6.45, 7) is 3.81. The number of carbonyl (C=O) groups is 1. The zero-order valence-electron chi connectivity index (χ0n) is 19.5. The first-order valence-corrected chi connectivity index (χ1v) is 11.7. The normalized spacial score (nSPS) is 16.0. The molecule has 5 rings (SSSR count). The molecule has 3 aromatic rings. The van der Waals surface area contributed by atoms with Crippen LogP contribution in [0.2, 0.25) is 0 Å². The average molecular weight is 480 g/mol. The predicted octanol–water partition coefficient (Wildman–Crippen LogP) is 5.05. The maximum Gasteiger partial charge on any atom is 0.232 e. The number of benzene rings is 2. The largest absolute Gasteiger partial charge is 0.493 e. The van der Waals surface area contributed by atoms with Gasteiger partial charge >= 0.3 is 0 Å². The van der Waals surface area contributed by atoms with Crippen LogP contribution in [-0.2, 0) is 13.1 Å². The Morgan fingerprint density at radius 3 is 2.65 bits per heavy atom. The van der Waals surface area contributed by atoms with Crippen molar-refractivity contribution in [3.63, 3.8) is 0 Å². The second-order valence-electron chi connectivity index (χ2n) is 8.08. The van der Waals surface area contributed by atoms with Crippen LogP contribution in [0.1, 0.15) is 31.9 Å². The van der Waals surface area contributed by atoms with Crippen molar-refractivity contribution in [2.75, 3.05) is 28.1 Å². The molecule has 176 valence electrons. The minimum Gasteiger partial charge on any atom is -0.493 e. The number of ketones is 1. The first kappa shape index (κ1) is 22.3. The number of fused-ring (bicyclic) bond motifs is 3. The van der Waals surface area contributed by atoms with Crippen molar-refractivity contribution in [2.45, 2.75) is 20.0 Å². The summed E-state index contributed by atoms with van der Waals surface area (Å²) in [5.41, 5.74) is 2.94. The summed E-state index contributed by atoms with van der Waals surface area (Å²) in [6.07, 6.45) is 1.68. The quantitative estimate of drug-likeness (QED) is 0.458.